The maximum Gasteiger partial charge on any atom is 0.102 e. The summed E-state index contributed by atoms with van der Waals surface area (Å²) in [5.74, 6) is 0. The quantitative estimate of drug-likeness (QED) is 0.676. The first-order valence-corrected chi connectivity index (χ1v) is 8.04. The Morgan fingerprint density at radius 1 is 1.33 bits per heavy atom. The number of piperidine rings is 1. The highest BCUT2D eigenvalue weighted by Gasteiger charge is 2.47. The second-order valence-corrected chi connectivity index (χ2v) is 7.57. The molecule has 2 fully saturated rings. The molecule has 2 atom stereocenters. The van der Waals surface area contributed by atoms with Crippen molar-refractivity contribution in [1.29, 1.82) is 0 Å². The van der Waals surface area contributed by atoms with Gasteiger partial charge in [0.25, 0.3) is 0 Å². The number of hydrogen-bond donors (Lipinski definition) is 2. The third-order valence-electron chi connectivity index (χ3n) is 4.23. The van der Waals surface area contributed by atoms with Gasteiger partial charge in [-0.25, -0.2) is 15.5 Å². The average molecular weight is 234 g/mol. The van der Waals surface area contributed by atoms with Gasteiger partial charge in [-0.15, -0.1) is 0 Å². The number of alkyl halides is 1. The molecule has 15 heavy (non-hydrogen) atoms. The fourth-order valence-electron chi connectivity index (χ4n) is 3.12. The van der Waals surface area contributed by atoms with E-state index in [4.69, 9.17) is 5.73 Å². The molecule has 0 radical (unpaired) electrons. The molecular weight excluding hydrogens is 211 g/mol. The zero-order valence-electron chi connectivity index (χ0n) is 9.75. The molecule has 2 nitrogen and oxygen atoms in total. The van der Waals surface area contributed by atoms with Gasteiger partial charge in [0.1, 0.15) is 6.17 Å². The first kappa shape index (κ1) is 11.7. The number of nitrogens with two attached hydrogens (primary N) is 1. The van der Waals surface area contributed by atoms with Crippen LogP contribution in [0.15, 0.2) is 0 Å². The summed E-state index contributed by atoms with van der Waals surface area (Å²) in [6, 6.07) is 0.106. The van der Waals surface area contributed by atoms with E-state index in [0.717, 1.165) is 25.9 Å². The van der Waals surface area contributed by atoms with E-state index in [1.54, 1.807) is 0 Å². The van der Waals surface area contributed by atoms with Crippen molar-refractivity contribution in [2.24, 2.45) is 11.1 Å². The van der Waals surface area contributed by atoms with E-state index in [9.17, 15) is 4.39 Å². The summed E-state index contributed by atoms with van der Waals surface area (Å²) in [5, 5.41) is 0. The average Bonchev–Trinajstić information content (AvgIpc) is 2.42. The van der Waals surface area contributed by atoms with E-state index in [-0.39, 0.29) is 22.5 Å². The minimum Gasteiger partial charge on any atom is -0.327 e. The van der Waals surface area contributed by atoms with Crippen LogP contribution in [0.4, 0.5) is 4.39 Å². The highest BCUT2D eigenvalue weighted by atomic mass is 32.2. The van der Waals surface area contributed by atoms with Crippen LogP contribution in [0.5, 0.6) is 0 Å². The molecule has 1 unspecified atom stereocenters. The molecule has 1 spiro atoms. The Balaban J connectivity index is 1.97. The van der Waals surface area contributed by atoms with Crippen molar-refractivity contribution in [3.05, 3.63) is 0 Å². The number of nitrogens with zero attached hydrogens (tertiary/aromatic N) is 1. The maximum atomic E-state index is 13.4. The minimum absolute atomic E-state index is 0.0238. The van der Waals surface area contributed by atoms with Crippen LogP contribution in [-0.4, -0.2) is 42.1 Å². The summed E-state index contributed by atoms with van der Waals surface area (Å²) in [6.45, 7) is 2.25. The predicted molar refractivity (Wildman–Crippen MR) is 66.2 cm³/mol. The smallest absolute Gasteiger partial charge is 0.102 e. The number of rotatable bonds is 1. The van der Waals surface area contributed by atoms with Crippen LogP contribution in [0.1, 0.15) is 25.7 Å². The van der Waals surface area contributed by atoms with Crippen molar-refractivity contribution < 1.29 is 4.39 Å². The third-order valence-corrected chi connectivity index (χ3v) is 5.76. The van der Waals surface area contributed by atoms with Crippen LogP contribution < -0.4 is 5.73 Å². The molecule has 0 aromatic rings. The lowest BCUT2D eigenvalue weighted by Crippen LogP contribution is -2.45. The highest BCUT2D eigenvalue weighted by molar-refractivity contribution is 8.13. The summed E-state index contributed by atoms with van der Waals surface area (Å²) < 4.78 is 15.9. The van der Waals surface area contributed by atoms with Gasteiger partial charge in [0.15, 0.2) is 0 Å². The Bertz CT molecular complexity index is 227. The summed E-state index contributed by atoms with van der Waals surface area (Å²) in [6.07, 6.45) is 7.46. The molecule has 1 saturated carbocycles. The third kappa shape index (κ3) is 2.17. The van der Waals surface area contributed by atoms with Gasteiger partial charge >= 0.3 is 0 Å². The van der Waals surface area contributed by atoms with Crippen LogP contribution in [0.2, 0.25) is 0 Å². The molecule has 1 saturated heterocycles. The van der Waals surface area contributed by atoms with Crippen molar-refractivity contribution >= 4 is 11.1 Å². The lowest BCUT2D eigenvalue weighted by Gasteiger charge is -2.44. The second kappa shape index (κ2) is 4.22. The SMILES string of the molecule is C[SH](C)N1CCC2(CC1)CC(F)C[C@H]2N. The van der Waals surface area contributed by atoms with Crippen LogP contribution in [-0.2, 0) is 0 Å². The van der Waals surface area contributed by atoms with Crippen molar-refractivity contribution in [2.45, 2.75) is 37.9 Å². The molecule has 2 N–H and O–H groups in total. The molecule has 0 amide bonds. The first-order valence-electron chi connectivity index (χ1n) is 5.85. The lowest BCUT2D eigenvalue weighted by molar-refractivity contribution is 0.137. The van der Waals surface area contributed by atoms with Gasteiger partial charge in [0.2, 0.25) is 0 Å². The van der Waals surface area contributed by atoms with E-state index in [2.05, 4.69) is 16.8 Å². The maximum absolute atomic E-state index is 13.4. The standard InChI is InChI=1S/C11H23FN2S/c1-15(2)14-5-3-11(4-6-14)8-9(12)7-10(11)13/h9-10,15H,3-8,13H2,1-2H3/t9?,10-/m1/s1. The molecule has 0 aromatic heterocycles. The second-order valence-electron chi connectivity index (χ2n) is 5.31. The molecule has 0 aromatic carbocycles. The van der Waals surface area contributed by atoms with Gasteiger partial charge in [0, 0.05) is 19.1 Å². The largest absolute Gasteiger partial charge is 0.327 e. The van der Waals surface area contributed by atoms with E-state index in [1.807, 2.05) is 0 Å². The van der Waals surface area contributed by atoms with E-state index in [1.165, 1.54) is 0 Å². The van der Waals surface area contributed by atoms with Crippen molar-refractivity contribution in [2.75, 3.05) is 25.6 Å². The van der Waals surface area contributed by atoms with Crippen LogP contribution in [0, 0.1) is 5.41 Å². The highest BCUT2D eigenvalue weighted by Crippen LogP contribution is 2.48. The molecule has 0 bridgehead atoms. The van der Waals surface area contributed by atoms with Gasteiger partial charge in [-0.2, -0.15) is 0 Å². The molecule has 4 heteroatoms. The summed E-state index contributed by atoms with van der Waals surface area (Å²) in [5.41, 5.74) is 6.24. The minimum atomic E-state index is -0.642. The Kier molecular flexibility index (Phi) is 3.29. The summed E-state index contributed by atoms with van der Waals surface area (Å²) >= 11 is 0.0238. The molecule has 1 aliphatic heterocycles. The molecule has 2 rings (SSSR count). The summed E-state index contributed by atoms with van der Waals surface area (Å²) in [4.78, 5) is 0. The molecule has 90 valence electrons. The topological polar surface area (TPSA) is 29.3 Å². The fourth-order valence-corrected chi connectivity index (χ4v) is 4.12. The molecule has 2 aliphatic rings. The van der Waals surface area contributed by atoms with E-state index in [0.29, 0.717) is 12.8 Å². The van der Waals surface area contributed by atoms with Gasteiger partial charge < -0.3 is 5.73 Å². The van der Waals surface area contributed by atoms with Gasteiger partial charge in [-0.05, 0) is 43.6 Å². The summed E-state index contributed by atoms with van der Waals surface area (Å²) in [7, 11) is 0. The van der Waals surface area contributed by atoms with Crippen molar-refractivity contribution in [1.82, 2.24) is 4.31 Å². The Labute approximate surface area is 94.9 Å². The van der Waals surface area contributed by atoms with Gasteiger partial charge in [-0.3, -0.25) is 4.31 Å². The van der Waals surface area contributed by atoms with Gasteiger partial charge in [0.05, 0.1) is 0 Å². The van der Waals surface area contributed by atoms with Crippen molar-refractivity contribution in [3.63, 3.8) is 0 Å². The number of hydrogen-bond acceptors (Lipinski definition) is 2. The number of halogens is 1. The zero-order valence-corrected chi connectivity index (χ0v) is 10.6. The van der Waals surface area contributed by atoms with Gasteiger partial charge in [-0.1, -0.05) is 0 Å². The lowest BCUT2D eigenvalue weighted by atomic mass is 9.75. The van der Waals surface area contributed by atoms with Crippen LogP contribution in [0.25, 0.3) is 0 Å². The van der Waals surface area contributed by atoms with Crippen molar-refractivity contribution in [3.8, 4) is 0 Å². The normalized spacial score (nSPS) is 37.2. The van der Waals surface area contributed by atoms with E-state index < -0.39 is 6.17 Å². The zero-order chi connectivity index (χ0) is 11.1. The number of thiol groups is 1. The Morgan fingerprint density at radius 2 is 1.93 bits per heavy atom. The monoisotopic (exact) mass is 234 g/mol. The van der Waals surface area contributed by atoms with Crippen LogP contribution in [0.3, 0.4) is 0 Å². The van der Waals surface area contributed by atoms with Crippen LogP contribution >= 0.6 is 11.1 Å². The predicted octanol–water partition coefficient (Wildman–Crippen LogP) is 1.70. The Morgan fingerprint density at radius 3 is 2.33 bits per heavy atom. The molecule has 1 heterocycles. The Hall–Kier alpha value is 0.200. The molecular formula is C11H23FN2S. The fraction of sp³-hybridized carbons (Fsp3) is 1.00. The first-order chi connectivity index (χ1) is 7.03. The molecule has 1 aliphatic carbocycles. The van der Waals surface area contributed by atoms with E-state index >= 15 is 0 Å².